The number of nitrogens with zero attached hydrogens (tertiary/aromatic N) is 3. The molecule has 74 valence electrons. The lowest BCUT2D eigenvalue weighted by Crippen LogP contribution is -1.97. The zero-order valence-corrected chi connectivity index (χ0v) is 9.72. The summed E-state index contributed by atoms with van der Waals surface area (Å²) in [6.07, 6.45) is 0. The first-order valence-electron chi connectivity index (χ1n) is 3.89. The van der Waals surface area contributed by atoms with E-state index in [1.54, 1.807) is 0 Å². The fourth-order valence-electron chi connectivity index (χ4n) is 0.939. The molecule has 5 nitrogen and oxygen atoms in total. The van der Waals surface area contributed by atoms with Gasteiger partial charge in [0, 0.05) is 6.07 Å². The van der Waals surface area contributed by atoms with Crippen LogP contribution in [-0.2, 0) is 6.54 Å². The van der Waals surface area contributed by atoms with E-state index in [1.807, 2.05) is 13.0 Å². The Morgan fingerprint density at radius 3 is 3.00 bits per heavy atom. The highest BCUT2D eigenvalue weighted by Gasteiger charge is 2.03. The van der Waals surface area contributed by atoms with E-state index in [2.05, 4.69) is 36.6 Å². The van der Waals surface area contributed by atoms with E-state index >= 15 is 0 Å². The average Bonchev–Trinajstić information content (AvgIpc) is 2.72. The molecule has 0 spiro atoms. The number of anilines is 1. The maximum Gasteiger partial charge on any atom is 0.206 e. The van der Waals surface area contributed by atoms with Crippen molar-refractivity contribution in [1.29, 1.82) is 0 Å². The van der Waals surface area contributed by atoms with Crippen LogP contribution in [0.25, 0.3) is 0 Å². The first kappa shape index (κ1) is 9.60. The van der Waals surface area contributed by atoms with Crippen LogP contribution in [-0.4, -0.2) is 15.4 Å². The van der Waals surface area contributed by atoms with Gasteiger partial charge < -0.3 is 9.84 Å². The molecule has 0 radical (unpaired) electrons. The first-order chi connectivity index (χ1) is 6.74. The second-order valence-electron chi connectivity index (χ2n) is 2.65. The molecule has 2 heterocycles. The van der Waals surface area contributed by atoms with Gasteiger partial charge in [-0.1, -0.05) is 16.5 Å². The number of aromatic nitrogens is 3. The third kappa shape index (κ3) is 2.30. The van der Waals surface area contributed by atoms with Crippen molar-refractivity contribution < 1.29 is 4.52 Å². The smallest absolute Gasteiger partial charge is 0.206 e. The number of nitrogens with one attached hydrogen (secondary N) is 1. The van der Waals surface area contributed by atoms with Gasteiger partial charge in [-0.3, -0.25) is 0 Å². The zero-order chi connectivity index (χ0) is 9.97. The van der Waals surface area contributed by atoms with Gasteiger partial charge in [-0.25, -0.2) is 0 Å². The van der Waals surface area contributed by atoms with Gasteiger partial charge in [-0.2, -0.15) is 0 Å². The predicted octanol–water partition coefficient (Wildman–Crippen LogP) is 2.21. The molecular formula is C7H7BrN4OS. The summed E-state index contributed by atoms with van der Waals surface area (Å²) in [5.41, 5.74) is 0.875. The van der Waals surface area contributed by atoms with Crippen LogP contribution in [0.4, 0.5) is 5.13 Å². The molecule has 0 aliphatic heterocycles. The van der Waals surface area contributed by atoms with Gasteiger partial charge >= 0.3 is 0 Å². The highest BCUT2D eigenvalue weighted by atomic mass is 79.9. The van der Waals surface area contributed by atoms with Crippen LogP contribution in [0.2, 0.25) is 0 Å². The number of aryl methyl sites for hydroxylation is 1. The summed E-state index contributed by atoms with van der Waals surface area (Å²) >= 11 is 4.67. The number of halogens is 1. The van der Waals surface area contributed by atoms with Crippen LogP contribution in [0.3, 0.4) is 0 Å². The summed E-state index contributed by atoms with van der Waals surface area (Å²) in [6, 6.07) is 1.88. The van der Waals surface area contributed by atoms with Gasteiger partial charge in [-0.15, -0.1) is 10.2 Å². The van der Waals surface area contributed by atoms with Crippen LogP contribution in [0.15, 0.2) is 14.5 Å². The lowest BCUT2D eigenvalue weighted by atomic mass is 10.4. The fraction of sp³-hybridized carbons (Fsp3) is 0.286. The van der Waals surface area contributed by atoms with Crippen LogP contribution in [0.5, 0.6) is 0 Å². The second-order valence-corrected chi connectivity index (χ2v) is 4.90. The Hall–Kier alpha value is -0.950. The lowest BCUT2D eigenvalue weighted by molar-refractivity contribution is 0.384. The molecule has 2 aromatic heterocycles. The molecule has 2 aromatic rings. The molecule has 0 aliphatic carbocycles. The summed E-state index contributed by atoms with van der Waals surface area (Å²) in [4.78, 5) is 0. The molecule has 0 saturated carbocycles. The summed E-state index contributed by atoms with van der Waals surface area (Å²) in [5.74, 6) is 0.786. The highest BCUT2D eigenvalue weighted by molar-refractivity contribution is 9.11. The van der Waals surface area contributed by atoms with E-state index in [1.165, 1.54) is 11.3 Å². The third-order valence-electron chi connectivity index (χ3n) is 1.49. The molecule has 0 aliphatic rings. The summed E-state index contributed by atoms with van der Waals surface area (Å²) in [6.45, 7) is 2.46. The molecule has 0 unspecified atom stereocenters. The van der Waals surface area contributed by atoms with E-state index in [0.717, 1.165) is 20.5 Å². The van der Waals surface area contributed by atoms with E-state index < -0.39 is 0 Å². The molecule has 0 amide bonds. The molecule has 0 aromatic carbocycles. The minimum Gasteiger partial charge on any atom is -0.359 e. The van der Waals surface area contributed by atoms with Crippen molar-refractivity contribution in [2.45, 2.75) is 13.5 Å². The van der Waals surface area contributed by atoms with Crippen molar-refractivity contribution in [2.24, 2.45) is 0 Å². The Kier molecular flexibility index (Phi) is 2.78. The SMILES string of the molecule is Cc1cc(CNc2nnc(Br)s2)on1. The van der Waals surface area contributed by atoms with Crippen LogP contribution in [0.1, 0.15) is 11.5 Å². The highest BCUT2D eigenvalue weighted by Crippen LogP contribution is 2.20. The molecule has 1 N–H and O–H groups in total. The van der Waals surface area contributed by atoms with Crippen molar-refractivity contribution >= 4 is 32.4 Å². The minimum absolute atomic E-state index is 0.572. The molecular weight excluding hydrogens is 268 g/mol. The second kappa shape index (κ2) is 4.05. The Labute approximate surface area is 92.6 Å². The summed E-state index contributed by atoms with van der Waals surface area (Å²) < 4.78 is 5.78. The monoisotopic (exact) mass is 274 g/mol. The topological polar surface area (TPSA) is 63.8 Å². The molecule has 0 fully saturated rings. The largest absolute Gasteiger partial charge is 0.359 e. The van der Waals surface area contributed by atoms with Gasteiger partial charge in [0.1, 0.15) is 0 Å². The summed E-state index contributed by atoms with van der Waals surface area (Å²) in [5, 5.41) is 15.3. The first-order valence-corrected chi connectivity index (χ1v) is 5.50. The van der Waals surface area contributed by atoms with Gasteiger partial charge in [0.05, 0.1) is 12.2 Å². The van der Waals surface area contributed by atoms with Gasteiger partial charge in [0.15, 0.2) is 9.68 Å². The molecule has 0 atom stereocenters. The Morgan fingerprint density at radius 2 is 2.43 bits per heavy atom. The quantitative estimate of drug-likeness (QED) is 0.930. The Bertz CT molecular complexity index is 387. The predicted molar refractivity (Wildman–Crippen MR) is 56.2 cm³/mol. The maximum atomic E-state index is 5.03. The minimum atomic E-state index is 0.572. The Morgan fingerprint density at radius 1 is 1.57 bits per heavy atom. The van der Waals surface area contributed by atoms with Crippen LogP contribution < -0.4 is 5.32 Å². The summed E-state index contributed by atoms with van der Waals surface area (Å²) in [7, 11) is 0. The molecule has 7 heteroatoms. The molecule has 2 rings (SSSR count). The van der Waals surface area contributed by atoms with Gasteiger partial charge in [0.2, 0.25) is 5.13 Å². The van der Waals surface area contributed by atoms with Gasteiger partial charge in [0.25, 0.3) is 0 Å². The van der Waals surface area contributed by atoms with E-state index in [0.29, 0.717) is 6.54 Å². The van der Waals surface area contributed by atoms with Crippen molar-refractivity contribution in [1.82, 2.24) is 15.4 Å². The van der Waals surface area contributed by atoms with Crippen molar-refractivity contribution in [3.05, 3.63) is 21.4 Å². The van der Waals surface area contributed by atoms with Crippen LogP contribution in [0, 0.1) is 6.92 Å². The van der Waals surface area contributed by atoms with Crippen molar-refractivity contribution in [3.63, 3.8) is 0 Å². The number of rotatable bonds is 3. The van der Waals surface area contributed by atoms with Crippen LogP contribution >= 0.6 is 27.3 Å². The van der Waals surface area contributed by atoms with Crippen molar-refractivity contribution in [2.75, 3.05) is 5.32 Å². The maximum absolute atomic E-state index is 5.03. The van der Waals surface area contributed by atoms with E-state index in [9.17, 15) is 0 Å². The lowest BCUT2D eigenvalue weighted by Gasteiger charge is -1.95. The third-order valence-corrected chi connectivity index (χ3v) is 2.80. The fourth-order valence-corrected chi connectivity index (χ4v) is 1.95. The number of hydrogen-bond donors (Lipinski definition) is 1. The van der Waals surface area contributed by atoms with Crippen molar-refractivity contribution in [3.8, 4) is 0 Å². The molecule has 14 heavy (non-hydrogen) atoms. The molecule has 0 saturated heterocycles. The van der Waals surface area contributed by atoms with E-state index in [-0.39, 0.29) is 0 Å². The normalized spacial score (nSPS) is 10.4. The number of hydrogen-bond acceptors (Lipinski definition) is 6. The van der Waals surface area contributed by atoms with E-state index in [4.69, 9.17) is 4.52 Å². The average molecular weight is 275 g/mol. The standard InChI is InChI=1S/C7H7BrN4OS/c1-4-2-5(13-12-4)3-9-7-11-10-6(8)14-7/h2H,3H2,1H3,(H,9,11). The molecule has 0 bridgehead atoms. The van der Waals surface area contributed by atoms with Gasteiger partial charge in [-0.05, 0) is 22.9 Å². The Balaban J connectivity index is 1.94. The zero-order valence-electron chi connectivity index (χ0n) is 7.32.